The molecule has 1 aromatic rings. The number of aryl methyl sites for hydroxylation is 1. The van der Waals surface area contributed by atoms with E-state index < -0.39 is 24.5 Å². The van der Waals surface area contributed by atoms with Crippen LogP contribution >= 0.6 is 0 Å². The first-order valence-electron chi connectivity index (χ1n) is 4.86. The number of fused-ring (bicyclic) bond motifs is 1. The minimum absolute atomic E-state index is 0.000579. The van der Waals surface area contributed by atoms with Gasteiger partial charge in [0.2, 0.25) is 0 Å². The second kappa shape index (κ2) is 3.83. The molecule has 6 nitrogen and oxygen atoms in total. The summed E-state index contributed by atoms with van der Waals surface area (Å²) in [6, 6.07) is 4.58. The first kappa shape index (κ1) is 11.6. The summed E-state index contributed by atoms with van der Waals surface area (Å²) in [7, 11) is 0. The lowest BCUT2D eigenvalue weighted by Crippen LogP contribution is -2.41. The number of hydrogen-bond donors (Lipinski definition) is 2. The van der Waals surface area contributed by atoms with Crippen molar-refractivity contribution < 1.29 is 29.3 Å². The Balaban J connectivity index is 2.57. The zero-order valence-electron chi connectivity index (χ0n) is 8.97. The second-order valence-electron chi connectivity index (χ2n) is 3.65. The van der Waals surface area contributed by atoms with Crippen LogP contribution in [0.15, 0.2) is 18.2 Å². The Morgan fingerprint density at radius 1 is 1.24 bits per heavy atom. The summed E-state index contributed by atoms with van der Waals surface area (Å²) in [4.78, 5) is 23.4. The third-order valence-corrected chi connectivity index (χ3v) is 2.40. The van der Waals surface area contributed by atoms with Gasteiger partial charge in [0.05, 0.1) is 11.1 Å². The van der Waals surface area contributed by atoms with E-state index in [2.05, 4.69) is 9.47 Å². The molecule has 17 heavy (non-hydrogen) atoms. The van der Waals surface area contributed by atoms with E-state index in [1.165, 1.54) is 6.07 Å². The Morgan fingerprint density at radius 2 is 1.88 bits per heavy atom. The van der Waals surface area contributed by atoms with Crippen LogP contribution in [0.3, 0.4) is 0 Å². The molecule has 0 aromatic heterocycles. The van der Waals surface area contributed by atoms with Gasteiger partial charge in [-0.05, 0) is 18.6 Å². The summed E-state index contributed by atoms with van der Waals surface area (Å²) in [6.07, 6.45) is 0. The summed E-state index contributed by atoms with van der Waals surface area (Å²) in [5.41, 5.74) is 0.549. The van der Waals surface area contributed by atoms with Crippen LogP contribution in [-0.2, 0) is 9.47 Å². The van der Waals surface area contributed by atoms with Crippen molar-refractivity contribution in [2.45, 2.75) is 12.9 Å². The molecule has 0 radical (unpaired) electrons. The highest BCUT2D eigenvalue weighted by Crippen LogP contribution is 2.25. The molecule has 0 spiro atoms. The van der Waals surface area contributed by atoms with E-state index >= 15 is 0 Å². The third-order valence-electron chi connectivity index (χ3n) is 2.40. The van der Waals surface area contributed by atoms with Crippen molar-refractivity contribution >= 4 is 11.9 Å². The number of cyclic esters (lactones) is 2. The maximum absolute atomic E-state index is 11.7. The molecule has 1 aliphatic heterocycles. The van der Waals surface area contributed by atoms with Crippen LogP contribution in [0, 0.1) is 6.92 Å². The van der Waals surface area contributed by atoms with Gasteiger partial charge in [0.15, 0.2) is 0 Å². The number of ether oxygens (including phenoxy) is 2. The quantitative estimate of drug-likeness (QED) is 0.667. The number of hydrogen-bond acceptors (Lipinski definition) is 6. The van der Waals surface area contributed by atoms with E-state index in [1.54, 1.807) is 19.1 Å². The highest BCUT2D eigenvalue weighted by atomic mass is 16.8. The van der Waals surface area contributed by atoms with Gasteiger partial charge in [0.1, 0.15) is 6.61 Å². The zero-order valence-corrected chi connectivity index (χ0v) is 8.97. The first-order valence-corrected chi connectivity index (χ1v) is 4.86. The number of carbonyl (C=O) groups is 2. The summed E-state index contributed by atoms with van der Waals surface area (Å²) in [6.45, 7) is 0.591. The van der Waals surface area contributed by atoms with E-state index in [0.717, 1.165) is 0 Å². The summed E-state index contributed by atoms with van der Waals surface area (Å²) < 4.78 is 9.07. The first-order chi connectivity index (χ1) is 7.97. The minimum Gasteiger partial charge on any atom is -0.392 e. The van der Waals surface area contributed by atoms with Crippen LogP contribution in [0.5, 0.6) is 0 Å². The average Bonchev–Trinajstić information content (AvgIpc) is 2.36. The van der Waals surface area contributed by atoms with Crippen molar-refractivity contribution in [1.82, 2.24) is 0 Å². The van der Waals surface area contributed by atoms with Crippen LogP contribution in [0.1, 0.15) is 26.3 Å². The fourth-order valence-corrected chi connectivity index (χ4v) is 1.59. The minimum atomic E-state index is -2.63. The van der Waals surface area contributed by atoms with Gasteiger partial charge in [-0.3, -0.25) is 0 Å². The normalized spacial score (nSPS) is 23.5. The van der Waals surface area contributed by atoms with Crippen molar-refractivity contribution in [2.75, 3.05) is 6.61 Å². The monoisotopic (exact) mass is 238 g/mol. The van der Waals surface area contributed by atoms with Gasteiger partial charge in [-0.25, -0.2) is 9.59 Å². The molecule has 1 aromatic carbocycles. The number of rotatable bonds is 1. The third kappa shape index (κ3) is 1.88. The number of esters is 2. The standard InChI is InChI=1S/C11H10O6/c1-6-3-2-4-7-8(6)10(14)17-11(15,5-12)16-9(7)13/h2-4,12,15H,5H2,1H3. The van der Waals surface area contributed by atoms with Gasteiger partial charge in [-0.2, -0.15) is 0 Å². The molecule has 1 unspecified atom stereocenters. The SMILES string of the molecule is Cc1cccc2c1C(=O)OC(O)(CO)OC2=O. The van der Waals surface area contributed by atoms with Gasteiger partial charge in [-0.15, -0.1) is 0 Å². The van der Waals surface area contributed by atoms with E-state index in [0.29, 0.717) is 5.56 Å². The van der Waals surface area contributed by atoms with Crippen molar-refractivity contribution in [3.63, 3.8) is 0 Å². The molecule has 0 bridgehead atoms. The molecule has 2 N–H and O–H groups in total. The number of aliphatic hydroxyl groups excluding tert-OH is 1. The second-order valence-corrected chi connectivity index (χ2v) is 3.65. The summed E-state index contributed by atoms with van der Waals surface area (Å²) in [5, 5.41) is 18.4. The summed E-state index contributed by atoms with van der Waals surface area (Å²) in [5.74, 6) is -4.47. The highest BCUT2D eigenvalue weighted by molar-refractivity contribution is 6.05. The Labute approximate surface area is 96.4 Å². The molecular formula is C11H10O6. The fraction of sp³-hybridized carbons (Fsp3) is 0.273. The highest BCUT2D eigenvalue weighted by Gasteiger charge is 2.41. The van der Waals surface area contributed by atoms with Crippen molar-refractivity contribution in [3.05, 3.63) is 34.9 Å². The molecule has 90 valence electrons. The zero-order chi connectivity index (χ0) is 12.6. The van der Waals surface area contributed by atoms with Crippen LogP contribution in [0.4, 0.5) is 0 Å². The van der Waals surface area contributed by atoms with Crippen molar-refractivity contribution in [2.24, 2.45) is 0 Å². The largest absolute Gasteiger partial charge is 0.398 e. The molecule has 0 amide bonds. The molecule has 0 fully saturated rings. The van der Waals surface area contributed by atoms with Crippen LogP contribution < -0.4 is 0 Å². The predicted molar refractivity (Wildman–Crippen MR) is 54.0 cm³/mol. The Hall–Kier alpha value is -1.92. The lowest BCUT2D eigenvalue weighted by molar-refractivity contribution is -0.317. The molecule has 2 rings (SSSR count). The van der Waals surface area contributed by atoms with Gasteiger partial charge >= 0.3 is 17.9 Å². The van der Waals surface area contributed by atoms with E-state index in [9.17, 15) is 14.7 Å². The van der Waals surface area contributed by atoms with E-state index in [1.807, 2.05) is 0 Å². The maximum atomic E-state index is 11.7. The number of aliphatic hydroxyl groups is 2. The maximum Gasteiger partial charge on any atom is 0.398 e. The van der Waals surface area contributed by atoms with Crippen molar-refractivity contribution in [1.29, 1.82) is 0 Å². The Morgan fingerprint density at radius 3 is 2.53 bits per heavy atom. The lowest BCUT2D eigenvalue weighted by Gasteiger charge is -2.21. The molecule has 0 saturated carbocycles. The molecule has 6 heteroatoms. The fourth-order valence-electron chi connectivity index (χ4n) is 1.59. The van der Waals surface area contributed by atoms with Crippen LogP contribution in [0.2, 0.25) is 0 Å². The molecule has 0 saturated heterocycles. The van der Waals surface area contributed by atoms with Crippen LogP contribution in [0.25, 0.3) is 0 Å². The lowest BCUT2D eigenvalue weighted by atomic mass is 10.0. The number of carbonyl (C=O) groups excluding carboxylic acids is 2. The average molecular weight is 238 g/mol. The Kier molecular flexibility index (Phi) is 2.60. The van der Waals surface area contributed by atoms with E-state index in [4.69, 9.17) is 5.11 Å². The smallest absolute Gasteiger partial charge is 0.392 e. The molecule has 0 aliphatic carbocycles. The van der Waals surface area contributed by atoms with Gasteiger partial charge in [-0.1, -0.05) is 12.1 Å². The Bertz CT molecular complexity index is 495. The molecule has 1 aliphatic rings. The van der Waals surface area contributed by atoms with E-state index in [-0.39, 0.29) is 11.1 Å². The summed E-state index contributed by atoms with van der Waals surface area (Å²) >= 11 is 0. The van der Waals surface area contributed by atoms with Gasteiger partial charge < -0.3 is 19.7 Å². The topological polar surface area (TPSA) is 93.1 Å². The molecule has 1 atom stereocenters. The van der Waals surface area contributed by atoms with Crippen molar-refractivity contribution in [3.8, 4) is 0 Å². The van der Waals surface area contributed by atoms with Gasteiger partial charge in [0, 0.05) is 0 Å². The number of benzene rings is 1. The van der Waals surface area contributed by atoms with Crippen LogP contribution in [-0.4, -0.2) is 34.7 Å². The molecule has 1 heterocycles. The predicted octanol–water partition coefficient (Wildman–Crippen LogP) is -0.0394. The van der Waals surface area contributed by atoms with Gasteiger partial charge in [0.25, 0.3) is 0 Å². The molecular weight excluding hydrogens is 228 g/mol.